The molecule has 0 aliphatic carbocycles. The molecule has 0 atom stereocenters. The number of benzene rings is 1. The van der Waals surface area contributed by atoms with Crippen molar-refractivity contribution in [1.29, 1.82) is 0 Å². The van der Waals surface area contributed by atoms with E-state index in [1.165, 1.54) is 0 Å². The van der Waals surface area contributed by atoms with Gasteiger partial charge in [-0.2, -0.15) is 0 Å². The van der Waals surface area contributed by atoms with Gasteiger partial charge in [-0.05, 0) is 26.5 Å². The number of rotatable bonds is 7. The minimum absolute atomic E-state index is 0.223. The molecule has 1 aliphatic rings. The number of nitrogens with zero attached hydrogens (tertiary/aromatic N) is 3. The Balaban J connectivity index is 1.60. The first-order valence-electron chi connectivity index (χ1n) is 9.88. The Hall–Kier alpha value is -2.18. The number of hydrogen-bond acceptors (Lipinski definition) is 4. The van der Waals surface area contributed by atoms with Crippen LogP contribution in [-0.4, -0.2) is 71.9 Å². The third-order valence-electron chi connectivity index (χ3n) is 5.37. The van der Waals surface area contributed by atoms with E-state index in [1.807, 2.05) is 28.8 Å². The van der Waals surface area contributed by atoms with E-state index in [2.05, 4.69) is 35.9 Å². The van der Waals surface area contributed by atoms with Gasteiger partial charge in [-0.3, -0.25) is 14.5 Å². The summed E-state index contributed by atoms with van der Waals surface area (Å²) in [5.41, 5.74) is 1.46. The van der Waals surface area contributed by atoms with Gasteiger partial charge in [0.1, 0.15) is 0 Å². The highest BCUT2D eigenvalue weighted by atomic mass is 16.2. The number of likely N-dealkylation sites (N-methyl/N-ethyl adjacent to an activating group) is 1. The second-order valence-corrected chi connectivity index (χ2v) is 7.42. The predicted molar refractivity (Wildman–Crippen MR) is 108 cm³/mol. The number of carbonyl (C=O) groups is 2. The standard InChI is InChI=1S/C21H30N4O2/c1-4-23-11-13-24(14-12-23)10-9-22-21(27)20(26)18-15-25(16(2)3)19-8-6-5-7-17(18)19/h5-8,15-16H,4,9-14H2,1-3H3,(H,22,27). The molecule has 1 aromatic heterocycles. The van der Waals surface area contributed by atoms with Crippen molar-refractivity contribution >= 4 is 22.6 Å². The van der Waals surface area contributed by atoms with Crippen molar-refractivity contribution in [3.63, 3.8) is 0 Å². The van der Waals surface area contributed by atoms with Crippen LogP contribution < -0.4 is 5.32 Å². The number of Topliss-reactive ketones (excluding diaryl/α,β-unsaturated/α-hetero) is 1. The van der Waals surface area contributed by atoms with Crippen LogP contribution in [0.5, 0.6) is 0 Å². The monoisotopic (exact) mass is 370 g/mol. The summed E-state index contributed by atoms with van der Waals surface area (Å²) in [5.74, 6) is -0.977. The van der Waals surface area contributed by atoms with E-state index in [0.717, 1.165) is 50.2 Å². The van der Waals surface area contributed by atoms with Crippen molar-refractivity contribution in [2.75, 3.05) is 45.8 Å². The molecule has 0 bridgehead atoms. The van der Waals surface area contributed by atoms with Crippen molar-refractivity contribution in [3.8, 4) is 0 Å². The lowest BCUT2D eigenvalue weighted by molar-refractivity contribution is -0.117. The zero-order valence-electron chi connectivity index (χ0n) is 16.6. The summed E-state index contributed by atoms with van der Waals surface area (Å²) in [6.07, 6.45) is 1.81. The Bertz CT molecular complexity index is 804. The Labute approximate surface area is 161 Å². The van der Waals surface area contributed by atoms with Gasteiger partial charge in [0.05, 0.1) is 5.56 Å². The number of para-hydroxylation sites is 1. The second kappa shape index (κ2) is 8.67. The third-order valence-corrected chi connectivity index (χ3v) is 5.37. The van der Waals surface area contributed by atoms with Crippen molar-refractivity contribution in [1.82, 2.24) is 19.7 Å². The van der Waals surface area contributed by atoms with Crippen LogP contribution in [0.3, 0.4) is 0 Å². The Morgan fingerprint density at radius 1 is 1.07 bits per heavy atom. The first-order chi connectivity index (χ1) is 13.0. The predicted octanol–water partition coefficient (Wildman–Crippen LogP) is 2.16. The van der Waals surface area contributed by atoms with Crippen molar-refractivity contribution in [2.24, 2.45) is 0 Å². The molecule has 1 aromatic carbocycles. The number of hydrogen-bond donors (Lipinski definition) is 1. The minimum atomic E-state index is -0.520. The summed E-state index contributed by atoms with van der Waals surface area (Å²) in [4.78, 5) is 29.9. The fourth-order valence-corrected chi connectivity index (χ4v) is 3.67. The molecule has 0 saturated carbocycles. The molecule has 3 rings (SSSR count). The highest BCUT2D eigenvalue weighted by Crippen LogP contribution is 2.25. The molecule has 1 saturated heterocycles. The first-order valence-corrected chi connectivity index (χ1v) is 9.88. The maximum absolute atomic E-state index is 12.7. The lowest BCUT2D eigenvalue weighted by Gasteiger charge is -2.33. The van der Waals surface area contributed by atoms with E-state index >= 15 is 0 Å². The first kappa shape index (κ1) is 19.6. The molecule has 2 heterocycles. The molecule has 0 unspecified atom stereocenters. The molecule has 1 N–H and O–H groups in total. The smallest absolute Gasteiger partial charge is 0.292 e. The van der Waals surface area contributed by atoms with Crippen LogP contribution in [0.4, 0.5) is 0 Å². The lowest BCUT2D eigenvalue weighted by atomic mass is 10.1. The molecule has 6 heteroatoms. The zero-order valence-corrected chi connectivity index (χ0v) is 16.6. The highest BCUT2D eigenvalue weighted by molar-refractivity contribution is 6.45. The minimum Gasteiger partial charge on any atom is -0.348 e. The Morgan fingerprint density at radius 2 is 1.74 bits per heavy atom. The number of piperazine rings is 1. The van der Waals surface area contributed by atoms with Crippen LogP contribution in [-0.2, 0) is 4.79 Å². The van der Waals surface area contributed by atoms with E-state index in [-0.39, 0.29) is 6.04 Å². The average molecular weight is 370 g/mol. The van der Waals surface area contributed by atoms with Gasteiger partial charge >= 0.3 is 0 Å². The van der Waals surface area contributed by atoms with Gasteiger partial charge < -0.3 is 14.8 Å². The molecule has 1 aliphatic heterocycles. The molecule has 1 amide bonds. The molecule has 6 nitrogen and oxygen atoms in total. The van der Waals surface area contributed by atoms with E-state index in [0.29, 0.717) is 12.1 Å². The Kier molecular flexibility index (Phi) is 6.29. The van der Waals surface area contributed by atoms with Crippen LogP contribution in [0.15, 0.2) is 30.5 Å². The van der Waals surface area contributed by atoms with E-state index in [1.54, 1.807) is 6.20 Å². The SMILES string of the molecule is CCN1CCN(CCNC(=O)C(=O)c2cn(C(C)C)c3ccccc23)CC1. The van der Waals surface area contributed by atoms with E-state index < -0.39 is 11.7 Å². The van der Waals surface area contributed by atoms with Crippen molar-refractivity contribution in [3.05, 3.63) is 36.0 Å². The molecule has 2 aromatic rings. The number of aromatic nitrogens is 1. The molecular weight excluding hydrogens is 340 g/mol. The fourth-order valence-electron chi connectivity index (χ4n) is 3.67. The average Bonchev–Trinajstić information content (AvgIpc) is 3.08. The topological polar surface area (TPSA) is 57.6 Å². The van der Waals surface area contributed by atoms with Gasteiger partial charge in [-0.15, -0.1) is 0 Å². The van der Waals surface area contributed by atoms with Crippen LogP contribution in [0, 0.1) is 0 Å². The number of nitrogens with one attached hydrogen (secondary N) is 1. The van der Waals surface area contributed by atoms with Crippen LogP contribution in [0.2, 0.25) is 0 Å². The van der Waals surface area contributed by atoms with Gasteiger partial charge in [-0.1, -0.05) is 25.1 Å². The van der Waals surface area contributed by atoms with Gasteiger partial charge in [0.2, 0.25) is 0 Å². The number of ketones is 1. The summed E-state index contributed by atoms with van der Waals surface area (Å²) < 4.78 is 2.04. The highest BCUT2D eigenvalue weighted by Gasteiger charge is 2.22. The summed E-state index contributed by atoms with van der Waals surface area (Å²) in [5, 5.41) is 3.64. The maximum Gasteiger partial charge on any atom is 0.292 e. The number of carbonyl (C=O) groups excluding carboxylic acids is 2. The van der Waals surface area contributed by atoms with E-state index in [9.17, 15) is 9.59 Å². The second-order valence-electron chi connectivity index (χ2n) is 7.42. The molecular formula is C21H30N4O2. The number of fused-ring (bicyclic) bond motifs is 1. The number of amides is 1. The quantitative estimate of drug-likeness (QED) is 0.599. The van der Waals surface area contributed by atoms with E-state index in [4.69, 9.17) is 0 Å². The van der Waals surface area contributed by atoms with Gasteiger partial charge in [0.25, 0.3) is 11.7 Å². The summed E-state index contributed by atoms with van der Waals surface area (Å²) >= 11 is 0. The normalized spacial score (nSPS) is 16.1. The summed E-state index contributed by atoms with van der Waals surface area (Å²) in [6.45, 7) is 12.8. The van der Waals surface area contributed by atoms with Gasteiger partial charge in [0, 0.05) is 62.4 Å². The third kappa shape index (κ3) is 4.39. The molecule has 146 valence electrons. The zero-order chi connectivity index (χ0) is 19.4. The summed E-state index contributed by atoms with van der Waals surface area (Å²) in [7, 11) is 0. The lowest BCUT2D eigenvalue weighted by Crippen LogP contribution is -2.48. The molecule has 0 spiro atoms. The molecule has 27 heavy (non-hydrogen) atoms. The van der Waals surface area contributed by atoms with Crippen molar-refractivity contribution in [2.45, 2.75) is 26.8 Å². The van der Waals surface area contributed by atoms with Crippen LogP contribution in [0.25, 0.3) is 10.9 Å². The van der Waals surface area contributed by atoms with Crippen molar-refractivity contribution < 1.29 is 9.59 Å². The van der Waals surface area contributed by atoms with Gasteiger partial charge in [-0.25, -0.2) is 0 Å². The van der Waals surface area contributed by atoms with Crippen LogP contribution >= 0.6 is 0 Å². The van der Waals surface area contributed by atoms with Gasteiger partial charge in [0.15, 0.2) is 0 Å². The molecule has 1 fully saturated rings. The van der Waals surface area contributed by atoms with Crippen LogP contribution in [0.1, 0.15) is 37.2 Å². The largest absolute Gasteiger partial charge is 0.348 e. The molecule has 0 radical (unpaired) electrons. The summed E-state index contributed by atoms with van der Waals surface area (Å²) in [6, 6.07) is 7.97. The maximum atomic E-state index is 12.7. The fraction of sp³-hybridized carbons (Fsp3) is 0.524. The Morgan fingerprint density at radius 3 is 2.41 bits per heavy atom.